The van der Waals surface area contributed by atoms with E-state index in [4.69, 9.17) is 9.47 Å². The van der Waals surface area contributed by atoms with Crippen molar-refractivity contribution < 1.29 is 23.0 Å². The van der Waals surface area contributed by atoms with Gasteiger partial charge >= 0.3 is 10.2 Å². The van der Waals surface area contributed by atoms with Crippen molar-refractivity contribution in [2.75, 3.05) is 40.4 Å². The van der Waals surface area contributed by atoms with Gasteiger partial charge in [-0.15, -0.1) is 0 Å². The van der Waals surface area contributed by atoms with Gasteiger partial charge < -0.3 is 14.6 Å². The van der Waals surface area contributed by atoms with Crippen molar-refractivity contribution in [3.63, 3.8) is 0 Å². The van der Waals surface area contributed by atoms with Crippen LogP contribution in [0.1, 0.15) is 22.3 Å². The number of rotatable bonds is 10. The van der Waals surface area contributed by atoms with Crippen LogP contribution in [0.5, 0.6) is 11.5 Å². The quantitative estimate of drug-likeness (QED) is 0.399. The van der Waals surface area contributed by atoms with E-state index in [0.717, 1.165) is 49.1 Å². The van der Waals surface area contributed by atoms with E-state index in [1.54, 1.807) is 25.3 Å². The van der Waals surface area contributed by atoms with Crippen LogP contribution in [0, 0.1) is 0 Å². The molecule has 0 spiro atoms. The van der Waals surface area contributed by atoms with E-state index in [-0.39, 0.29) is 19.0 Å². The fourth-order valence-electron chi connectivity index (χ4n) is 5.07. The number of ether oxygens (including phenoxy) is 2. The van der Waals surface area contributed by atoms with Gasteiger partial charge in [-0.1, -0.05) is 54.6 Å². The van der Waals surface area contributed by atoms with Crippen molar-refractivity contribution in [2.24, 2.45) is 0 Å². The first-order chi connectivity index (χ1) is 19.4. The minimum absolute atomic E-state index is 0.0636. The number of methoxy groups -OCH3 is 2. The summed E-state index contributed by atoms with van der Waals surface area (Å²) in [6, 6.07) is 23.7. The van der Waals surface area contributed by atoms with E-state index in [1.807, 2.05) is 18.2 Å². The molecule has 0 atom stereocenters. The number of nitrogens with zero attached hydrogens (tertiary/aromatic N) is 4. The highest BCUT2D eigenvalue weighted by molar-refractivity contribution is 7.87. The van der Waals surface area contributed by atoms with Gasteiger partial charge in [-0.05, 0) is 28.8 Å². The van der Waals surface area contributed by atoms with Gasteiger partial charge in [-0.3, -0.25) is 14.1 Å². The normalized spacial score (nSPS) is 17.6. The summed E-state index contributed by atoms with van der Waals surface area (Å²) in [6.45, 7) is 6.01. The highest BCUT2D eigenvalue weighted by Gasteiger charge is 2.37. The molecule has 5 rings (SSSR count). The summed E-state index contributed by atoms with van der Waals surface area (Å²) in [5.74, 6) is 0.745. The number of hydrogen-bond donors (Lipinski definition) is 1. The summed E-state index contributed by atoms with van der Waals surface area (Å²) in [6.07, 6.45) is 1.26. The van der Waals surface area contributed by atoms with Gasteiger partial charge in [0.2, 0.25) is 5.88 Å². The number of aliphatic hydroxyl groups excluding tert-OH is 1. The standard InChI is InChI=1S/C30H36N4O5S/c1-38-28-13-12-27(29(18-28)39-2)22-34-30(35)23-33(40(34,36)37)21-26-10-8-25(9-11-26)20-32-16-14-31(15-17-32)19-24-6-4-3-5-7-24/h3-13,18,23,35H,14-17,19-22H2,1-2H3. The van der Waals surface area contributed by atoms with Gasteiger partial charge in [-0.2, -0.15) is 8.42 Å². The lowest BCUT2D eigenvalue weighted by atomic mass is 10.1. The third-order valence-corrected chi connectivity index (χ3v) is 9.08. The smallest absolute Gasteiger partial charge is 0.329 e. The topological polar surface area (TPSA) is 85.8 Å². The molecular weight excluding hydrogens is 528 g/mol. The van der Waals surface area contributed by atoms with Gasteiger partial charge in [0.05, 0.1) is 33.5 Å². The van der Waals surface area contributed by atoms with Crippen LogP contribution in [0.4, 0.5) is 0 Å². The Morgan fingerprint density at radius 3 is 1.88 bits per heavy atom. The Bertz CT molecular complexity index is 1420. The van der Waals surface area contributed by atoms with Crippen molar-refractivity contribution in [3.05, 3.63) is 107 Å². The molecule has 2 aliphatic heterocycles. The molecule has 0 radical (unpaired) electrons. The summed E-state index contributed by atoms with van der Waals surface area (Å²) in [5.41, 5.74) is 3.99. The third-order valence-electron chi connectivity index (χ3n) is 7.38. The lowest BCUT2D eigenvalue weighted by molar-refractivity contribution is 0.122. The fourth-order valence-corrected chi connectivity index (χ4v) is 6.45. The van der Waals surface area contributed by atoms with Gasteiger partial charge in [0.25, 0.3) is 0 Å². The Morgan fingerprint density at radius 2 is 1.30 bits per heavy atom. The van der Waals surface area contributed by atoms with Crippen LogP contribution < -0.4 is 9.47 Å². The molecule has 3 aromatic carbocycles. The maximum Gasteiger partial charge on any atom is 0.329 e. The van der Waals surface area contributed by atoms with Crippen molar-refractivity contribution in [1.82, 2.24) is 18.4 Å². The molecule has 0 saturated carbocycles. The third kappa shape index (κ3) is 6.35. The monoisotopic (exact) mass is 564 g/mol. The zero-order valence-electron chi connectivity index (χ0n) is 22.9. The van der Waals surface area contributed by atoms with Gasteiger partial charge in [0.1, 0.15) is 11.5 Å². The van der Waals surface area contributed by atoms with Crippen LogP contribution in [0.2, 0.25) is 0 Å². The molecule has 2 heterocycles. The van der Waals surface area contributed by atoms with Crippen molar-refractivity contribution in [2.45, 2.75) is 26.2 Å². The molecule has 1 N–H and O–H groups in total. The Balaban J connectivity index is 1.15. The molecule has 40 heavy (non-hydrogen) atoms. The number of benzene rings is 3. The second-order valence-corrected chi connectivity index (χ2v) is 11.9. The van der Waals surface area contributed by atoms with Crippen LogP contribution >= 0.6 is 0 Å². The highest BCUT2D eigenvalue weighted by atomic mass is 32.2. The maximum absolute atomic E-state index is 13.3. The molecule has 212 valence electrons. The predicted molar refractivity (Wildman–Crippen MR) is 154 cm³/mol. The van der Waals surface area contributed by atoms with Crippen LogP contribution in [-0.2, 0) is 36.4 Å². The minimum Gasteiger partial charge on any atom is -0.497 e. The van der Waals surface area contributed by atoms with E-state index >= 15 is 0 Å². The van der Waals surface area contributed by atoms with Crippen LogP contribution in [-0.4, -0.2) is 72.3 Å². The van der Waals surface area contributed by atoms with E-state index in [9.17, 15) is 13.5 Å². The molecule has 2 aliphatic rings. The molecule has 1 saturated heterocycles. The lowest BCUT2D eigenvalue weighted by Gasteiger charge is -2.34. The zero-order chi connectivity index (χ0) is 28.1. The molecule has 3 aromatic rings. The largest absolute Gasteiger partial charge is 0.497 e. The SMILES string of the molecule is COc1ccc(CN2C(O)=CN(Cc3ccc(CN4CCN(Cc5ccccc5)CC4)cc3)S2(=O)=O)c(OC)c1. The van der Waals surface area contributed by atoms with Gasteiger partial charge in [-0.25, -0.2) is 4.31 Å². The average Bonchev–Trinajstić information content (AvgIpc) is 3.18. The zero-order valence-corrected chi connectivity index (χ0v) is 23.8. The van der Waals surface area contributed by atoms with Gasteiger partial charge in [0.15, 0.2) is 0 Å². The van der Waals surface area contributed by atoms with E-state index in [2.05, 4.69) is 46.2 Å². The van der Waals surface area contributed by atoms with Crippen molar-refractivity contribution in [3.8, 4) is 11.5 Å². The van der Waals surface area contributed by atoms with Crippen LogP contribution in [0.3, 0.4) is 0 Å². The molecule has 10 heteroatoms. The maximum atomic E-state index is 13.3. The first-order valence-corrected chi connectivity index (χ1v) is 14.7. The molecule has 9 nitrogen and oxygen atoms in total. The Hall–Kier alpha value is -3.73. The lowest BCUT2D eigenvalue weighted by Crippen LogP contribution is -2.45. The first-order valence-electron chi connectivity index (χ1n) is 13.3. The number of hydrogen-bond acceptors (Lipinski definition) is 7. The average molecular weight is 565 g/mol. The highest BCUT2D eigenvalue weighted by Crippen LogP contribution is 2.31. The van der Waals surface area contributed by atoms with Gasteiger partial charge in [0, 0.05) is 50.9 Å². The molecular formula is C30H36N4O5S. The number of aliphatic hydroxyl groups is 1. The summed E-state index contributed by atoms with van der Waals surface area (Å²) in [7, 11) is -0.894. The molecule has 1 fully saturated rings. The Kier molecular flexibility index (Phi) is 8.49. The molecule has 0 aliphatic carbocycles. The minimum atomic E-state index is -3.95. The second kappa shape index (κ2) is 12.2. The molecule has 0 unspecified atom stereocenters. The number of piperazine rings is 1. The summed E-state index contributed by atoms with van der Waals surface area (Å²) in [4.78, 5) is 4.94. The molecule has 0 aromatic heterocycles. The van der Waals surface area contributed by atoms with E-state index < -0.39 is 10.2 Å². The first kappa shape index (κ1) is 27.8. The van der Waals surface area contributed by atoms with Crippen LogP contribution in [0.15, 0.2) is 84.9 Å². The molecule has 0 amide bonds. The predicted octanol–water partition coefficient (Wildman–Crippen LogP) is 3.94. The summed E-state index contributed by atoms with van der Waals surface area (Å²) >= 11 is 0. The van der Waals surface area contributed by atoms with Crippen molar-refractivity contribution in [1.29, 1.82) is 0 Å². The summed E-state index contributed by atoms with van der Waals surface area (Å²) in [5, 5.41) is 10.5. The Morgan fingerprint density at radius 1 is 0.725 bits per heavy atom. The second-order valence-electron chi connectivity index (χ2n) is 10.1. The van der Waals surface area contributed by atoms with Crippen LogP contribution in [0.25, 0.3) is 0 Å². The van der Waals surface area contributed by atoms with Crippen molar-refractivity contribution >= 4 is 10.2 Å². The fraction of sp³-hybridized carbons (Fsp3) is 0.333. The summed E-state index contributed by atoms with van der Waals surface area (Å²) < 4.78 is 39.3. The van der Waals surface area contributed by atoms with E-state index in [0.29, 0.717) is 17.1 Å². The molecule has 0 bridgehead atoms. The Labute approximate surface area is 236 Å². The van der Waals surface area contributed by atoms with E-state index in [1.165, 1.54) is 28.7 Å².